The summed E-state index contributed by atoms with van der Waals surface area (Å²) in [6.45, 7) is 2.82. The third kappa shape index (κ3) is 4.51. The number of hydrogen-bond acceptors (Lipinski definition) is 2. The van der Waals surface area contributed by atoms with E-state index in [2.05, 4.69) is 17.4 Å². The second-order valence-electron chi connectivity index (χ2n) is 6.34. The minimum atomic E-state index is 0.0759. The molecule has 0 saturated heterocycles. The Bertz CT molecular complexity index is 729. The van der Waals surface area contributed by atoms with Crippen LogP contribution in [0.15, 0.2) is 42.5 Å². The van der Waals surface area contributed by atoms with Gasteiger partial charge in [0.25, 0.3) is 0 Å². The predicted molar refractivity (Wildman–Crippen MR) is 96.7 cm³/mol. The maximum atomic E-state index is 12.1. The van der Waals surface area contributed by atoms with E-state index in [0.717, 1.165) is 30.8 Å². The maximum absolute atomic E-state index is 12.1. The fraction of sp³-hybridized carbons (Fsp3) is 0.350. The first kappa shape index (κ1) is 16.8. The second-order valence-corrected chi connectivity index (χ2v) is 6.78. The van der Waals surface area contributed by atoms with E-state index in [9.17, 15) is 4.79 Å². The van der Waals surface area contributed by atoms with Crippen LogP contribution < -0.4 is 10.1 Å². The molecule has 2 aromatic rings. The van der Waals surface area contributed by atoms with Gasteiger partial charge in [-0.25, -0.2) is 0 Å². The highest BCUT2D eigenvalue weighted by Crippen LogP contribution is 2.26. The van der Waals surface area contributed by atoms with Gasteiger partial charge in [0.2, 0.25) is 5.91 Å². The van der Waals surface area contributed by atoms with Crippen LogP contribution in [-0.4, -0.2) is 18.6 Å². The number of amides is 1. The van der Waals surface area contributed by atoms with E-state index >= 15 is 0 Å². The number of hydrogen-bond donors (Lipinski definition) is 1. The van der Waals surface area contributed by atoms with Crippen molar-refractivity contribution in [3.05, 3.63) is 64.2 Å². The number of carbonyl (C=O) groups excluding carboxylic acids is 1. The lowest BCUT2D eigenvalue weighted by Gasteiger charge is -2.14. The molecule has 3 rings (SSSR count). The van der Waals surface area contributed by atoms with E-state index in [0.29, 0.717) is 17.9 Å². The first-order valence-corrected chi connectivity index (χ1v) is 8.76. The first-order chi connectivity index (χ1) is 11.6. The molecule has 24 heavy (non-hydrogen) atoms. The van der Waals surface area contributed by atoms with Gasteiger partial charge in [0, 0.05) is 23.9 Å². The average Bonchev–Trinajstić information content (AvgIpc) is 3.00. The molecule has 0 fully saturated rings. The Morgan fingerprint density at radius 1 is 1.25 bits per heavy atom. The highest BCUT2D eigenvalue weighted by Gasteiger charge is 2.14. The Morgan fingerprint density at radius 3 is 2.96 bits per heavy atom. The number of nitrogens with one attached hydrogen (secondary N) is 1. The summed E-state index contributed by atoms with van der Waals surface area (Å²) in [5.41, 5.74) is 3.60. The molecule has 1 aliphatic heterocycles. The minimum absolute atomic E-state index is 0.0759. The SMILES string of the molecule is CC(Cc1ccc2c(c1)CCO2)NC(=O)CCc1cccc(Cl)c1. The maximum Gasteiger partial charge on any atom is 0.220 e. The van der Waals surface area contributed by atoms with E-state index in [1.165, 1.54) is 11.1 Å². The highest BCUT2D eigenvalue weighted by molar-refractivity contribution is 6.30. The van der Waals surface area contributed by atoms with Crippen molar-refractivity contribution in [1.29, 1.82) is 0 Å². The number of fused-ring (bicyclic) bond motifs is 1. The Balaban J connectivity index is 1.47. The van der Waals surface area contributed by atoms with Crippen molar-refractivity contribution in [3.8, 4) is 5.75 Å². The summed E-state index contributed by atoms with van der Waals surface area (Å²) >= 11 is 5.97. The summed E-state index contributed by atoms with van der Waals surface area (Å²) in [6, 6.07) is 14.1. The van der Waals surface area contributed by atoms with Crippen molar-refractivity contribution in [2.75, 3.05) is 6.61 Å². The summed E-state index contributed by atoms with van der Waals surface area (Å²) in [5.74, 6) is 1.07. The fourth-order valence-corrected chi connectivity index (χ4v) is 3.28. The standard InChI is InChI=1S/C20H22ClNO2/c1-14(11-16-5-7-19-17(12-16)9-10-24-19)22-20(23)8-6-15-3-2-4-18(21)13-15/h2-5,7,12-14H,6,8-11H2,1H3,(H,22,23). The molecule has 0 spiro atoms. The molecule has 0 aromatic heterocycles. The molecule has 1 atom stereocenters. The molecule has 0 radical (unpaired) electrons. The number of rotatable bonds is 6. The van der Waals surface area contributed by atoms with E-state index < -0.39 is 0 Å². The van der Waals surface area contributed by atoms with Crippen LogP contribution in [-0.2, 0) is 24.1 Å². The van der Waals surface area contributed by atoms with Gasteiger partial charge in [-0.05, 0) is 54.7 Å². The highest BCUT2D eigenvalue weighted by atomic mass is 35.5. The van der Waals surface area contributed by atoms with Gasteiger partial charge in [0.15, 0.2) is 0 Å². The molecule has 1 unspecified atom stereocenters. The largest absolute Gasteiger partial charge is 0.493 e. The molecule has 0 aliphatic carbocycles. The monoisotopic (exact) mass is 343 g/mol. The lowest BCUT2D eigenvalue weighted by atomic mass is 10.0. The van der Waals surface area contributed by atoms with Crippen LogP contribution in [0.2, 0.25) is 5.02 Å². The van der Waals surface area contributed by atoms with Gasteiger partial charge >= 0.3 is 0 Å². The molecule has 3 nitrogen and oxygen atoms in total. The van der Waals surface area contributed by atoms with Crippen molar-refractivity contribution in [2.24, 2.45) is 0 Å². The molecule has 1 amide bonds. The van der Waals surface area contributed by atoms with Gasteiger partial charge < -0.3 is 10.1 Å². The van der Waals surface area contributed by atoms with Gasteiger partial charge in [-0.2, -0.15) is 0 Å². The Morgan fingerprint density at radius 2 is 2.12 bits per heavy atom. The molecular weight excluding hydrogens is 322 g/mol. The average molecular weight is 344 g/mol. The van der Waals surface area contributed by atoms with Crippen molar-refractivity contribution >= 4 is 17.5 Å². The molecule has 1 heterocycles. The summed E-state index contributed by atoms with van der Waals surface area (Å²) in [6.07, 6.45) is 2.98. The molecule has 126 valence electrons. The Hall–Kier alpha value is -2.00. The molecule has 4 heteroatoms. The molecule has 1 aliphatic rings. The number of halogens is 1. The molecular formula is C20H22ClNO2. The third-order valence-electron chi connectivity index (χ3n) is 4.23. The fourth-order valence-electron chi connectivity index (χ4n) is 3.07. The van der Waals surface area contributed by atoms with Crippen LogP contribution >= 0.6 is 11.6 Å². The van der Waals surface area contributed by atoms with Gasteiger partial charge in [0.05, 0.1) is 6.61 Å². The number of benzene rings is 2. The van der Waals surface area contributed by atoms with Crippen LogP contribution in [0.25, 0.3) is 0 Å². The smallest absolute Gasteiger partial charge is 0.220 e. The van der Waals surface area contributed by atoms with E-state index in [-0.39, 0.29) is 11.9 Å². The van der Waals surface area contributed by atoms with E-state index in [1.54, 1.807) is 0 Å². The van der Waals surface area contributed by atoms with Crippen molar-refractivity contribution in [2.45, 2.75) is 38.6 Å². The normalized spacial score (nSPS) is 13.9. The van der Waals surface area contributed by atoms with E-state index in [1.807, 2.05) is 37.3 Å². The lowest BCUT2D eigenvalue weighted by Crippen LogP contribution is -2.34. The quantitative estimate of drug-likeness (QED) is 0.862. The zero-order valence-electron chi connectivity index (χ0n) is 13.8. The van der Waals surface area contributed by atoms with Gasteiger partial charge in [-0.15, -0.1) is 0 Å². The molecule has 1 N–H and O–H groups in total. The van der Waals surface area contributed by atoms with Crippen LogP contribution in [0.4, 0.5) is 0 Å². The molecule has 2 aromatic carbocycles. The molecule has 0 bridgehead atoms. The topological polar surface area (TPSA) is 38.3 Å². The Labute approximate surface area is 148 Å². The van der Waals surface area contributed by atoms with Crippen LogP contribution in [0, 0.1) is 0 Å². The van der Waals surface area contributed by atoms with Gasteiger partial charge in [0.1, 0.15) is 5.75 Å². The van der Waals surface area contributed by atoms with E-state index in [4.69, 9.17) is 16.3 Å². The number of ether oxygens (including phenoxy) is 1. The van der Waals surface area contributed by atoms with Gasteiger partial charge in [-0.1, -0.05) is 35.9 Å². The predicted octanol–water partition coefficient (Wildman–Crippen LogP) is 3.95. The van der Waals surface area contributed by atoms with Crippen molar-refractivity contribution < 1.29 is 9.53 Å². The van der Waals surface area contributed by atoms with Crippen LogP contribution in [0.1, 0.15) is 30.0 Å². The first-order valence-electron chi connectivity index (χ1n) is 8.38. The summed E-state index contributed by atoms with van der Waals surface area (Å²) in [4.78, 5) is 12.1. The lowest BCUT2D eigenvalue weighted by molar-refractivity contribution is -0.121. The van der Waals surface area contributed by atoms with Gasteiger partial charge in [-0.3, -0.25) is 4.79 Å². The van der Waals surface area contributed by atoms with Crippen molar-refractivity contribution in [3.63, 3.8) is 0 Å². The third-order valence-corrected chi connectivity index (χ3v) is 4.47. The number of carbonyl (C=O) groups is 1. The zero-order valence-corrected chi connectivity index (χ0v) is 14.6. The summed E-state index contributed by atoms with van der Waals surface area (Å²) < 4.78 is 5.53. The number of aryl methyl sites for hydroxylation is 1. The van der Waals surface area contributed by atoms with Crippen LogP contribution in [0.3, 0.4) is 0 Å². The summed E-state index contributed by atoms with van der Waals surface area (Å²) in [7, 11) is 0. The van der Waals surface area contributed by atoms with Crippen LogP contribution in [0.5, 0.6) is 5.75 Å². The van der Waals surface area contributed by atoms with Crippen molar-refractivity contribution in [1.82, 2.24) is 5.32 Å². The Kier molecular flexibility index (Phi) is 5.41. The zero-order chi connectivity index (χ0) is 16.9. The molecule has 0 saturated carbocycles. The second kappa shape index (κ2) is 7.71. The summed E-state index contributed by atoms with van der Waals surface area (Å²) in [5, 5.41) is 3.79. The minimum Gasteiger partial charge on any atom is -0.493 e.